The van der Waals surface area contributed by atoms with Crippen LogP contribution in [0, 0.1) is 6.92 Å². The van der Waals surface area contributed by atoms with Crippen molar-refractivity contribution < 1.29 is 0 Å². The van der Waals surface area contributed by atoms with Gasteiger partial charge in [0.15, 0.2) is 5.82 Å². The van der Waals surface area contributed by atoms with Gasteiger partial charge in [-0.3, -0.25) is 0 Å². The Bertz CT molecular complexity index is 578. The van der Waals surface area contributed by atoms with Crippen LogP contribution in [0.4, 0.5) is 5.95 Å². The largest absolute Gasteiger partial charge is 0.341 e. The molecule has 0 amide bonds. The second kappa shape index (κ2) is 5.43. The molecular weight excluding hydrogens is 280 g/mol. The molecule has 3 rings (SSSR count). The summed E-state index contributed by atoms with van der Waals surface area (Å²) in [4.78, 5) is 16.4. The molecule has 0 unspecified atom stereocenters. The van der Waals surface area contributed by atoms with Gasteiger partial charge in [-0.25, -0.2) is 0 Å². The normalized spacial score (nSPS) is 15.8. The predicted molar refractivity (Wildman–Crippen MR) is 79.0 cm³/mol. The van der Waals surface area contributed by atoms with E-state index in [2.05, 4.69) is 32.8 Å². The van der Waals surface area contributed by atoms with Crippen LogP contribution in [-0.4, -0.2) is 28.0 Å². The minimum Gasteiger partial charge on any atom is -0.341 e. The lowest BCUT2D eigenvalue weighted by Crippen LogP contribution is -2.31. The highest BCUT2D eigenvalue weighted by atomic mass is 35.5. The van der Waals surface area contributed by atoms with Gasteiger partial charge < -0.3 is 4.90 Å². The van der Waals surface area contributed by atoms with Crippen LogP contribution in [-0.2, 0) is 0 Å². The van der Waals surface area contributed by atoms with Crippen molar-refractivity contribution in [3.63, 3.8) is 0 Å². The molecule has 6 heteroatoms. The van der Waals surface area contributed by atoms with Crippen molar-refractivity contribution in [1.29, 1.82) is 0 Å². The molecule has 1 fully saturated rings. The summed E-state index contributed by atoms with van der Waals surface area (Å²) < 4.78 is 0. The summed E-state index contributed by atoms with van der Waals surface area (Å²) in [7, 11) is 0. The van der Waals surface area contributed by atoms with E-state index in [1.54, 1.807) is 11.3 Å². The average molecular weight is 295 g/mol. The SMILES string of the molecule is Cc1ccsc1-c1nc(Cl)nc(N2CCCCC2)n1. The first-order valence-electron chi connectivity index (χ1n) is 6.45. The maximum absolute atomic E-state index is 6.05. The minimum atomic E-state index is 0.276. The summed E-state index contributed by atoms with van der Waals surface area (Å²) in [6.45, 7) is 4.07. The summed E-state index contributed by atoms with van der Waals surface area (Å²) in [6, 6.07) is 2.07. The van der Waals surface area contributed by atoms with Crippen molar-refractivity contribution in [2.75, 3.05) is 18.0 Å². The topological polar surface area (TPSA) is 41.9 Å². The minimum absolute atomic E-state index is 0.276. The Balaban J connectivity index is 1.98. The number of nitrogens with zero attached hydrogens (tertiary/aromatic N) is 4. The van der Waals surface area contributed by atoms with E-state index in [4.69, 9.17) is 11.6 Å². The molecule has 4 nitrogen and oxygen atoms in total. The first-order chi connectivity index (χ1) is 9.24. The third-order valence-corrected chi connectivity index (χ3v) is 4.48. The van der Waals surface area contributed by atoms with E-state index >= 15 is 0 Å². The fraction of sp³-hybridized carbons (Fsp3) is 0.462. The highest BCUT2D eigenvalue weighted by Crippen LogP contribution is 2.28. The monoisotopic (exact) mass is 294 g/mol. The summed E-state index contributed by atoms with van der Waals surface area (Å²) >= 11 is 7.69. The highest BCUT2D eigenvalue weighted by Gasteiger charge is 2.17. The molecule has 0 spiro atoms. The third-order valence-electron chi connectivity index (χ3n) is 3.30. The van der Waals surface area contributed by atoms with E-state index in [1.807, 2.05) is 5.38 Å². The molecule has 0 radical (unpaired) electrons. The average Bonchev–Trinajstić information content (AvgIpc) is 2.85. The van der Waals surface area contributed by atoms with Crippen LogP contribution < -0.4 is 4.90 Å². The van der Waals surface area contributed by atoms with Gasteiger partial charge in [0.05, 0.1) is 4.88 Å². The number of aromatic nitrogens is 3. The molecule has 1 saturated heterocycles. The Morgan fingerprint density at radius 3 is 2.63 bits per heavy atom. The first-order valence-corrected chi connectivity index (χ1v) is 7.71. The number of piperidine rings is 1. The summed E-state index contributed by atoms with van der Waals surface area (Å²) in [5.74, 6) is 1.40. The van der Waals surface area contributed by atoms with Crippen molar-refractivity contribution in [2.45, 2.75) is 26.2 Å². The molecule has 1 aliphatic heterocycles. The molecule has 19 heavy (non-hydrogen) atoms. The van der Waals surface area contributed by atoms with Crippen molar-refractivity contribution in [2.24, 2.45) is 0 Å². The van der Waals surface area contributed by atoms with Gasteiger partial charge in [0.1, 0.15) is 0 Å². The lowest BCUT2D eigenvalue weighted by molar-refractivity contribution is 0.567. The molecule has 2 aromatic rings. The standard InChI is InChI=1S/C13H15ClN4S/c1-9-5-8-19-10(9)11-15-12(14)17-13(16-11)18-6-3-2-4-7-18/h5,8H,2-4,6-7H2,1H3. The van der Waals surface area contributed by atoms with E-state index in [0.717, 1.165) is 18.0 Å². The number of hydrogen-bond donors (Lipinski definition) is 0. The Kier molecular flexibility index (Phi) is 3.66. The molecule has 0 saturated carbocycles. The number of thiophene rings is 1. The van der Waals surface area contributed by atoms with Gasteiger partial charge in [-0.05, 0) is 54.8 Å². The maximum Gasteiger partial charge on any atom is 0.230 e. The van der Waals surface area contributed by atoms with Gasteiger partial charge >= 0.3 is 0 Å². The van der Waals surface area contributed by atoms with Gasteiger partial charge in [-0.2, -0.15) is 15.0 Å². The first kappa shape index (κ1) is 12.8. The number of halogens is 1. The van der Waals surface area contributed by atoms with Gasteiger partial charge in [0, 0.05) is 13.1 Å². The lowest BCUT2D eigenvalue weighted by Gasteiger charge is -2.26. The Hall–Kier alpha value is -1.20. The van der Waals surface area contributed by atoms with E-state index in [1.165, 1.54) is 24.8 Å². The van der Waals surface area contributed by atoms with Crippen LogP contribution in [0.3, 0.4) is 0 Å². The quantitative estimate of drug-likeness (QED) is 0.849. The lowest BCUT2D eigenvalue weighted by atomic mass is 10.1. The number of rotatable bonds is 2. The van der Waals surface area contributed by atoms with Crippen LogP contribution in [0.5, 0.6) is 0 Å². The molecule has 100 valence electrons. The Labute approximate surface area is 121 Å². The van der Waals surface area contributed by atoms with E-state index in [0.29, 0.717) is 11.8 Å². The van der Waals surface area contributed by atoms with Gasteiger partial charge in [0.25, 0.3) is 0 Å². The van der Waals surface area contributed by atoms with Crippen molar-refractivity contribution in [3.05, 3.63) is 22.3 Å². The number of hydrogen-bond acceptors (Lipinski definition) is 5. The fourth-order valence-electron chi connectivity index (χ4n) is 2.28. The zero-order valence-electron chi connectivity index (χ0n) is 10.8. The van der Waals surface area contributed by atoms with Gasteiger partial charge in [-0.1, -0.05) is 0 Å². The molecule has 0 N–H and O–H groups in total. The van der Waals surface area contributed by atoms with Crippen molar-refractivity contribution in [3.8, 4) is 10.7 Å². The van der Waals surface area contributed by atoms with Crippen molar-refractivity contribution >= 4 is 28.9 Å². The predicted octanol–water partition coefficient (Wildman–Crippen LogP) is 3.55. The fourth-order valence-corrected chi connectivity index (χ4v) is 3.29. The second-order valence-electron chi connectivity index (χ2n) is 4.71. The molecule has 0 aromatic carbocycles. The molecule has 3 heterocycles. The van der Waals surface area contributed by atoms with Crippen molar-refractivity contribution in [1.82, 2.24) is 15.0 Å². The smallest absolute Gasteiger partial charge is 0.230 e. The molecular formula is C13H15ClN4S. The summed E-state index contributed by atoms with van der Waals surface area (Å²) in [5.41, 5.74) is 1.18. The van der Waals surface area contributed by atoms with Crippen LogP contribution >= 0.6 is 22.9 Å². The zero-order chi connectivity index (χ0) is 13.2. The third kappa shape index (κ3) is 2.72. The van der Waals surface area contributed by atoms with E-state index in [-0.39, 0.29) is 5.28 Å². The highest BCUT2D eigenvalue weighted by molar-refractivity contribution is 7.13. The Morgan fingerprint density at radius 2 is 1.95 bits per heavy atom. The zero-order valence-corrected chi connectivity index (χ0v) is 12.3. The van der Waals surface area contributed by atoms with E-state index in [9.17, 15) is 0 Å². The van der Waals surface area contributed by atoms with E-state index < -0.39 is 0 Å². The molecule has 0 aliphatic carbocycles. The molecule has 2 aromatic heterocycles. The van der Waals surface area contributed by atoms with Crippen LogP contribution in [0.25, 0.3) is 10.7 Å². The molecule has 0 atom stereocenters. The van der Waals surface area contributed by atoms with Gasteiger partial charge in [0.2, 0.25) is 11.2 Å². The summed E-state index contributed by atoms with van der Waals surface area (Å²) in [6.07, 6.45) is 3.67. The number of anilines is 1. The Morgan fingerprint density at radius 1 is 1.16 bits per heavy atom. The molecule has 1 aliphatic rings. The number of aryl methyl sites for hydroxylation is 1. The van der Waals surface area contributed by atoms with Crippen LogP contribution in [0.2, 0.25) is 5.28 Å². The maximum atomic E-state index is 6.05. The van der Waals surface area contributed by atoms with Crippen LogP contribution in [0.1, 0.15) is 24.8 Å². The molecule has 0 bridgehead atoms. The van der Waals surface area contributed by atoms with Gasteiger partial charge in [-0.15, -0.1) is 11.3 Å². The second-order valence-corrected chi connectivity index (χ2v) is 5.96. The van der Waals surface area contributed by atoms with Crippen LogP contribution in [0.15, 0.2) is 11.4 Å². The summed E-state index contributed by atoms with van der Waals surface area (Å²) in [5, 5.41) is 2.32.